The van der Waals surface area contributed by atoms with E-state index in [0.29, 0.717) is 5.56 Å². The van der Waals surface area contributed by atoms with Crippen LogP contribution in [0.3, 0.4) is 0 Å². The zero-order chi connectivity index (χ0) is 25.0. The summed E-state index contributed by atoms with van der Waals surface area (Å²) >= 11 is 0. The van der Waals surface area contributed by atoms with Crippen molar-refractivity contribution in [2.45, 2.75) is 25.6 Å². The number of hydrogen-bond donors (Lipinski definition) is 3. The molecule has 3 N–H and O–H groups in total. The number of aliphatic hydroxyl groups excluding tert-OH is 1. The maximum absolute atomic E-state index is 12.6. The molecule has 33 heavy (non-hydrogen) atoms. The molecule has 0 saturated carbocycles. The second-order valence-electron chi connectivity index (χ2n) is 6.83. The van der Waals surface area contributed by atoms with E-state index < -0.39 is 60.4 Å². The number of nitrogens with one attached hydrogen (secondary N) is 2. The third kappa shape index (κ3) is 8.07. The molecule has 0 heterocycles. The van der Waals surface area contributed by atoms with Crippen molar-refractivity contribution in [1.82, 2.24) is 10.6 Å². The summed E-state index contributed by atoms with van der Waals surface area (Å²) in [4.78, 5) is 61.1. The Morgan fingerprint density at radius 3 is 1.91 bits per heavy atom. The summed E-state index contributed by atoms with van der Waals surface area (Å²) in [6, 6.07) is 5.74. The molecule has 3 atom stereocenters. The predicted molar refractivity (Wildman–Crippen MR) is 111 cm³/mol. The zero-order valence-corrected chi connectivity index (χ0v) is 18.7. The van der Waals surface area contributed by atoms with Gasteiger partial charge in [0.1, 0.15) is 18.7 Å². The first-order valence-electron chi connectivity index (χ1n) is 9.82. The van der Waals surface area contributed by atoms with E-state index in [1.54, 1.807) is 30.3 Å². The van der Waals surface area contributed by atoms with Crippen LogP contribution in [0.5, 0.6) is 0 Å². The lowest BCUT2D eigenvalue weighted by atomic mass is 9.87. The number of aliphatic hydroxyl groups is 1. The van der Waals surface area contributed by atoms with Gasteiger partial charge >= 0.3 is 24.0 Å². The van der Waals surface area contributed by atoms with Gasteiger partial charge in [0.25, 0.3) is 0 Å². The summed E-state index contributed by atoms with van der Waals surface area (Å²) in [6.07, 6.45) is -0.988. The molecule has 12 heteroatoms. The Balaban J connectivity index is 2.91. The topological polar surface area (TPSA) is 167 Å². The molecule has 0 fully saturated rings. The largest absolute Gasteiger partial charge is 0.468 e. The van der Waals surface area contributed by atoms with Gasteiger partial charge in [0.05, 0.1) is 27.9 Å². The van der Waals surface area contributed by atoms with E-state index in [-0.39, 0.29) is 6.61 Å². The number of benzene rings is 1. The van der Waals surface area contributed by atoms with Crippen LogP contribution in [0.4, 0.5) is 4.79 Å². The van der Waals surface area contributed by atoms with Crippen molar-refractivity contribution >= 4 is 29.9 Å². The van der Waals surface area contributed by atoms with Crippen molar-refractivity contribution in [2.24, 2.45) is 11.8 Å². The Bertz CT molecular complexity index is 814. The SMILES string of the molecule is COC(=O)C(C(=O)OC)[C@H](C)[C@@H](NC(=O)[C@H](CO)NC(=O)OCc1ccccc1)C(=O)OC. The molecule has 0 saturated heterocycles. The van der Waals surface area contributed by atoms with Gasteiger partial charge in [-0.25, -0.2) is 9.59 Å². The number of amides is 2. The molecule has 0 radical (unpaired) electrons. The minimum Gasteiger partial charge on any atom is -0.468 e. The molecule has 0 spiro atoms. The average molecular weight is 468 g/mol. The van der Waals surface area contributed by atoms with Gasteiger partial charge in [-0.05, 0) is 5.56 Å². The van der Waals surface area contributed by atoms with Gasteiger partial charge in [-0.15, -0.1) is 0 Å². The third-order valence-corrected chi connectivity index (χ3v) is 4.72. The zero-order valence-electron chi connectivity index (χ0n) is 18.7. The van der Waals surface area contributed by atoms with Crippen LogP contribution < -0.4 is 10.6 Å². The van der Waals surface area contributed by atoms with Crippen LogP contribution in [-0.2, 0) is 44.7 Å². The van der Waals surface area contributed by atoms with Gasteiger partial charge in [-0.3, -0.25) is 14.4 Å². The van der Waals surface area contributed by atoms with E-state index in [1.807, 2.05) is 0 Å². The van der Waals surface area contributed by atoms with Crippen molar-refractivity contribution in [3.05, 3.63) is 35.9 Å². The van der Waals surface area contributed by atoms with Crippen LogP contribution in [0.25, 0.3) is 0 Å². The lowest BCUT2D eigenvalue weighted by Gasteiger charge is -2.28. The molecule has 1 aromatic carbocycles. The average Bonchev–Trinajstić information content (AvgIpc) is 2.84. The summed E-state index contributed by atoms with van der Waals surface area (Å²) < 4.78 is 18.9. The minimum atomic E-state index is -1.55. The monoisotopic (exact) mass is 468 g/mol. The number of carbonyl (C=O) groups excluding carboxylic acids is 5. The summed E-state index contributed by atoms with van der Waals surface area (Å²) in [6.45, 7) is 0.427. The number of carbonyl (C=O) groups is 5. The van der Waals surface area contributed by atoms with E-state index in [0.717, 1.165) is 21.3 Å². The molecule has 182 valence electrons. The lowest BCUT2D eigenvalue weighted by Crippen LogP contribution is -2.57. The molecule has 1 rings (SSSR count). The molecule has 0 unspecified atom stereocenters. The molecule has 1 aromatic rings. The standard InChI is InChI=1S/C21H28N2O10/c1-12(15(18(26)30-2)19(27)31-3)16(20(28)32-4)23-17(25)14(10-24)22-21(29)33-11-13-8-6-5-7-9-13/h5-9,12,14-16,24H,10-11H2,1-4H3,(H,22,29)(H,23,25)/t12-,14-,16+/m0/s1. The number of methoxy groups -OCH3 is 3. The third-order valence-electron chi connectivity index (χ3n) is 4.72. The van der Waals surface area contributed by atoms with Crippen LogP contribution in [0, 0.1) is 11.8 Å². The maximum atomic E-state index is 12.6. The fourth-order valence-electron chi connectivity index (χ4n) is 2.86. The highest BCUT2D eigenvalue weighted by Gasteiger charge is 2.43. The summed E-state index contributed by atoms with van der Waals surface area (Å²) in [5.41, 5.74) is 0.703. The van der Waals surface area contributed by atoms with Crippen LogP contribution >= 0.6 is 0 Å². The van der Waals surface area contributed by atoms with E-state index in [9.17, 15) is 29.1 Å². The molecule has 0 aromatic heterocycles. The lowest BCUT2D eigenvalue weighted by molar-refractivity contribution is -0.163. The van der Waals surface area contributed by atoms with E-state index in [4.69, 9.17) is 4.74 Å². The smallest absolute Gasteiger partial charge is 0.408 e. The van der Waals surface area contributed by atoms with Gasteiger partial charge in [0.2, 0.25) is 5.91 Å². The maximum Gasteiger partial charge on any atom is 0.408 e. The van der Waals surface area contributed by atoms with Crippen molar-refractivity contribution in [3.8, 4) is 0 Å². The van der Waals surface area contributed by atoms with Crippen molar-refractivity contribution in [3.63, 3.8) is 0 Å². The highest BCUT2D eigenvalue weighted by atomic mass is 16.6. The van der Waals surface area contributed by atoms with Crippen LogP contribution in [0.15, 0.2) is 30.3 Å². The van der Waals surface area contributed by atoms with Crippen molar-refractivity contribution in [1.29, 1.82) is 0 Å². The molecule has 0 aliphatic carbocycles. The highest BCUT2D eigenvalue weighted by Crippen LogP contribution is 2.20. The van der Waals surface area contributed by atoms with Gasteiger partial charge in [-0.2, -0.15) is 0 Å². The first kappa shape index (κ1) is 27.4. The molecular weight excluding hydrogens is 440 g/mol. The number of rotatable bonds is 11. The molecule has 2 amide bonds. The Kier molecular flexibility index (Phi) is 11.3. The molecular formula is C21H28N2O10. The van der Waals surface area contributed by atoms with E-state index in [1.165, 1.54) is 6.92 Å². The second kappa shape index (κ2) is 13.7. The number of alkyl carbamates (subject to hydrolysis) is 1. The molecule has 0 bridgehead atoms. The number of esters is 3. The van der Waals surface area contributed by atoms with Gasteiger partial charge < -0.3 is 34.7 Å². The first-order chi connectivity index (χ1) is 15.7. The van der Waals surface area contributed by atoms with Crippen LogP contribution in [0.2, 0.25) is 0 Å². The highest BCUT2D eigenvalue weighted by molar-refractivity contribution is 5.97. The van der Waals surface area contributed by atoms with Gasteiger partial charge in [0, 0.05) is 5.92 Å². The number of hydrogen-bond acceptors (Lipinski definition) is 10. The summed E-state index contributed by atoms with van der Waals surface area (Å²) in [5.74, 6) is -6.65. The molecule has 0 aliphatic heterocycles. The van der Waals surface area contributed by atoms with Crippen LogP contribution in [0.1, 0.15) is 12.5 Å². The Hall–Kier alpha value is -3.67. The Labute approximate surface area is 190 Å². The van der Waals surface area contributed by atoms with E-state index in [2.05, 4.69) is 24.8 Å². The van der Waals surface area contributed by atoms with Crippen molar-refractivity contribution < 1.29 is 48.0 Å². The first-order valence-corrected chi connectivity index (χ1v) is 9.82. The Morgan fingerprint density at radius 2 is 1.42 bits per heavy atom. The summed E-state index contributed by atoms with van der Waals surface area (Å²) in [5, 5.41) is 14.0. The fourth-order valence-corrected chi connectivity index (χ4v) is 2.86. The van der Waals surface area contributed by atoms with Gasteiger partial charge in [-0.1, -0.05) is 37.3 Å². The predicted octanol–water partition coefficient (Wildman–Crippen LogP) is -0.470. The van der Waals surface area contributed by atoms with Crippen molar-refractivity contribution in [2.75, 3.05) is 27.9 Å². The molecule has 12 nitrogen and oxygen atoms in total. The van der Waals surface area contributed by atoms with Crippen LogP contribution in [-0.4, -0.2) is 75.0 Å². The number of ether oxygens (including phenoxy) is 4. The minimum absolute atomic E-state index is 0.0752. The van der Waals surface area contributed by atoms with E-state index >= 15 is 0 Å². The summed E-state index contributed by atoms with van der Waals surface area (Å²) in [7, 11) is 3.13. The molecule has 0 aliphatic rings. The van der Waals surface area contributed by atoms with Gasteiger partial charge in [0.15, 0.2) is 5.92 Å². The fraction of sp³-hybridized carbons (Fsp3) is 0.476. The quantitative estimate of drug-likeness (QED) is 0.219. The normalized spacial score (nSPS) is 13.2. The second-order valence-corrected chi connectivity index (χ2v) is 6.83. The Morgan fingerprint density at radius 1 is 0.879 bits per heavy atom.